The Bertz CT molecular complexity index is 331. The lowest BCUT2D eigenvalue weighted by atomic mass is 10.2. The van der Waals surface area contributed by atoms with Crippen LogP contribution in [0.1, 0.15) is 30.3 Å². The topological polar surface area (TPSA) is 26.2 Å². The molecule has 0 bridgehead atoms. The van der Waals surface area contributed by atoms with Gasteiger partial charge in [0, 0.05) is 44.7 Å². The van der Waals surface area contributed by atoms with Crippen LogP contribution in [-0.2, 0) is 18.3 Å². The Kier molecular flexibility index (Phi) is 5.03. The van der Waals surface area contributed by atoms with E-state index in [2.05, 4.69) is 43.8 Å². The molecule has 0 aliphatic carbocycles. The number of hydrogen-bond acceptors (Lipinski definition) is 2. The lowest BCUT2D eigenvalue weighted by molar-refractivity contribution is 0.184. The van der Waals surface area contributed by atoms with E-state index < -0.39 is 0 Å². The molecule has 0 aliphatic rings. The Morgan fingerprint density at radius 3 is 2.62 bits per heavy atom. The number of aromatic nitrogens is 1. The monoisotopic (exact) mass is 224 g/mol. The fourth-order valence-corrected chi connectivity index (χ4v) is 1.79. The molecule has 3 nitrogen and oxygen atoms in total. The second-order valence-electron chi connectivity index (χ2n) is 4.52. The van der Waals surface area contributed by atoms with Crippen LogP contribution in [0.15, 0.2) is 6.07 Å². The van der Waals surface area contributed by atoms with E-state index in [-0.39, 0.29) is 0 Å². The standard InChI is InChI=1S/C13H24N2O/c1-10(6-7-16-5)14-9-13-8-11(2)15(4)12(13)3/h8,10,14H,6-7,9H2,1-5H3. The average molecular weight is 224 g/mol. The van der Waals surface area contributed by atoms with Gasteiger partial charge in [-0.25, -0.2) is 0 Å². The highest BCUT2D eigenvalue weighted by atomic mass is 16.5. The molecule has 3 heteroatoms. The molecule has 92 valence electrons. The summed E-state index contributed by atoms with van der Waals surface area (Å²) in [6, 6.07) is 2.76. The van der Waals surface area contributed by atoms with Crippen LogP contribution in [0, 0.1) is 13.8 Å². The summed E-state index contributed by atoms with van der Waals surface area (Å²) in [5.74, 6) is 0. The van der Waals surface area contributed by atoms with E-state index in [1.54, 1.807) is 7.11 Å². The zero-order valence-corrected chi connectivity index (χ0v) is 11.1. The van der Waals surface area contributed by atoms with Gasteiger partial charge in [0.25, 0.3) is 0 Å². The fourth-order valence-electron chi connectivity index (χ4n) is 1.79. The number of nitrogens with zero attached hydrogens (tertiary/aromatic N) is 1. The molecule has 0 aromatic carbocycles. The van der Waals surface area contributed by atoms with E-state index in [4.69, 9.17) is 4.74 Å². The number of hydrogen-bond donors (Lipinski definition) is 1. The molecule has 0 aliphatic heterocycles. The first-order valence-electron chi connectivity index (χ1n) is 5.90. The second-order valence-corrected chi connectivity index (χ2v) is 4.52. The van der Waals surface area contributed by atoms with Crippen molar-refractivity contribution in [2.45, 2.75) is 39.8 Å². The van der Waals surface area contributed by atoms with Crippen LogP contribution in [0.3, 0.4) is 0 Å². The largest absolute Gasteiger partial charge is 0.385 e. The number of aryl methyl sites for hydroxylation is 1. The Morgan fingerprint density at radius 1 is 1.44 bits per heavy atom. The van der Waals surface area contributed by atoms with Crippen molar-refractivity contribution in [3.05, 3.63) is 23.0 Å². The van der Waals surface area contributed by atoms with Crippen molar-refractivity contribution in [1.29, 1.82) is 0 Å². The molecule has 1 unspecified atom stereocenters. The maximum absolute atomic E-state index is 5.07. The Morgan fingerprint density at radius 2 is 2.12 bits per heavy atom. The minimum Gasteiger partial charge on any atom is -0.385 e. The summed E-state index contributed by atoms with van der Waals surface area (Å²) in [5, 5.41) is 3.52. The third-order valence-corrected chi connectivity index (χ3v) is 3.28. The second kappa shape index (κ2) is 6.06. The Hall–Kier alpha value is -0.800. The van der Waals surface area contributed by atoms with Gasteiger partial charge in [0.05, 0.1) is 0 Å². The molecule has 16 heavy (non-hydrogen) atoms. The number of nitrogens with one attached hydrogen (secondary N) is 1. The summed E-state index contributed by atoms with van der Waals surface area (Å²) in [4.78, 5) is 0. The first-order chi connectivity index (χ1) is 7.56. The van der Waals surface area contributed by atoms with Gasteiger partial charge in [-0.1, -0.05) is 0 Å². The van der Waals surface area contributed by atoms with E-state index in [0.717, 1.165) is 19.6 Å². The van der Waals surface area contributed by atoms with Crippen molar-refractivity contribution in [2.24, 2.45) is 7.05 Å². The Labute approximate surface area is 98.8 Å². The minimum absolute atomic E-state index is 0.500. The van der Waals surface area contributed by atoms with Gasteiger partial charge in [0.2, 0.25) is 0 Å². The molecule has 0 radical (unpaired) electrons. The lowest BCUT2D eigenvalue weighted by Crippen LogP contribution is -2.26. The van der Waals surface area contributed by atoms with E-state index in [9.17, 15) is 0 Å². The van der Waals surface area contributed by atoms with E-state index in [1.807, 2.05) is 0 Å². The van der Waals surface area contributed by atoms with Crippen molar-refractivity contribution < 1.29 is 4.74 Å². The summed E-state index contributed by atoms with van der Waals surface area (Å²) in [6.07, 6.45) is 1.06. The molecular weight excluding hydrogens is 200 g/mol. The molecule has 0 saturated carbocycles. The van der Waals surface area contributed by atoms with Crippen molar-refractivity contribution in [3.8, 4) is 0 Å². The summed E-state index contributed by atoms with van der Waals surface area (Å²) in [6.45, 7) is 8.28. The highest BCUT2D eigenvalue weighted by Crippen LogP contribution is 2.13. The fraction of sp³-hybridized carbons (Fsp3) is 0.692. The molecule has 0 fully saturated rings. The van der Waals surface area contributed by atoms with Crippen molar-refractivity contribution in [3.63, 3.8) is 0 Å². The van der Waals surface area contributed by atoms with Crippen molar-refractivity contribution >= 4 is 0 Å². The lowest BCUT2D eigenvalue weighted by Gasteiger charge is -2.13. The summed E-state index contributed by atoms with van der Waals surface area (Å²) >= 11 is 0. The smallest absolute Gasteiger partial charge is 0.0476 e. The molecule has 1 N–H and O–H groups in total. The molecule has 1 heterocycles. The minimum atomic E-state index is 0.500. The van der Waals surface area contributed by atoms with Gasteiger partial charge in [-0.3, -0.25) is 0 Å². The summed E-state index contributed by atoms with van der Waals surface area (Å²) in [7, 11) is 3.86. The molecular formula is C13H24N2O. The zero-order valence-electron chi connectivity index (χ0n) is 11.1. The van der Waals surface area contributed by atoms with E-state index >= 15 is 0 Å². The maximum Gasteiger partial charge on any atom is 0.0476 e. The number of methoxy groups -OCH3 is 1. The van der Waals surface area contributed by atoms with E-state index in [0.29, 0.717) is 6.04 Å². The van der Waals surface area contributed by atoms with Gasteiger partial charge in [0.15, 0.2) is 0 Å². The molecule has 0 amide bonds. The summed E-state index contributed by atoms with van der Waals surface area (Å²) < 4.78 is 7.30. The van der Waals surface area contributed by atoms with Crippen LogP contribution >= 0.6 is 0 Å². The summed E-state index contributed by atoms with van der Waals surface area (Å²) in [5.41, 5.74) is 4.06. The molecule has 1 atom stereocenters. The van der Waals surface area contributed by atoms with Gasteiger partial charge < -0.3 is 14.6 Å². The van der Waals surface area contributed by atoms with Gasteiger partial charge in [-0.05, 0) is 38.8 Å². The van der Waals surface area contributed by atoms with E-state index in [1.165, 1.54) is 17.0 Å². The zero-order chi connectivity index (χ0) is 12.1. The maximum atomic E-state index is 5.07. The normalized spacial score (nSPS) is 13.1. The molecule has 1 aromatic rings. The van der Waals surface area contributed by atoms with Crippen molar-refractivity contribution in [2.75, 3.05) is 13.7 Å². The highest BCUT2D eigenvalue weighted by Gasteiger charge is 2.07. The third kappa shape index (κ3) is 3.35. The first-order valence-corrected chi connectivity index (χ1v) is 5.90. The third-order valence-electron chi connectivity index (χ3n) is 3.28. The van der Waals surface area contributed by atoms with Gasteiger partial charge in [-0.15, -0.1) is 0 Å². The van der Waals surface area contributed by atoms with Crippen LogP contribution in [-0.4, -0.2) is 24.3 Å². The van der Waals surface area contributed by atoms with Crippen molar-refractivity contribution in [1.82, 2.24) is 9.88 Å². The molecule has 0 saturated heterocycles. The highest BCUT2D eigenvalue weighted by molar-refractivity contribution is 5.26. The van der Waals surface area contributed by atoms with Gasteiger partial charge in [0.1, 0.15) is 0 Å². The SMILES string of the molecule is COCCC(C)NCc1cc(C)n(C)c1C. The van der Waals surface area contributed by atoms with Crippen LogP contribution in [0.5, 0.6) is 0 Å². The predicted molar refractivity (Wildman–Crippen MR) is 67.7 cm³/mol. The van der Waals surface area contributed by atoms with Crippen LogP contribution in [0.4, 0.5) is 0 Å². The van der Waals surface area contributed by atoms with Crippen LogP contribution in [0.25, 0.3) is 0 Å². The average Bonchev–Trinajstić information content (AvgIpc) is 2.51. The number of rotatable bonds is 6. The predicted octanol–water partition coefficient (Wildman–Crippen LogP) is 2.16. The Balaban J connectivity index is 2.45. The quantitative estimate of drug-likeness (QED) is 0.801. The molecule has 1 aromatic heterocycles. The van der Waals surface area contributed by atoms with Crippen LogP contribution in [0.2, 0.25) is 0 Å². The molecule has 0 spiro atoms. The van der Waals surface area contributed by atoms with Crippen LogP contribution < -0.4 is 5.32 Å². The first kappa shape index (κ1) is 13.3. The molecule has 1 rings (SSSR count). The van der Waals surface area contributed by atoms with Gasteiger partial charge in [-0.2, -0.15) is 0 Å². The van der Waals surface area contributed by atoms with Gasteiger partial charge >= 0.3 is 0 Å². The number of ether oxygens (including phenoxy) is 1.